The monoisotopic (exact) mass is 351 g/mol. The summed E-state index contributed by atoms with van der Waals surface area (Å²) in [5.74, 6) is -0.00283. The van der Waals surface area contributed by atoms with Crippen molar-refractivity contribution in [3.05, 3.63) is 59.2 Å². The molecule has 4 nitrogen and oxygen atoms in total. The Balaban J connectivity index is 1.49. The highest BCUT2D eigenvalue weighted by atomic mass is 32.1. The van der Waals surface area contributed by atoms with Crippen molar-refractivity contribution in [2.75, 3.05) is 6.54 Å². The highest BCUT2D eigenvalue weighted by Crippen LogP contribution is 2.28. The second-order valence-electron chi connectivity index (χ2n) is 6.53. The SMILES string of the molecule is CC(C)n1c(C(=O)NCCc2c[nH]c3ccccc23)cc2sccc21. The second-order valence-corrected chi connectivity index (χ2v) is 7.48. The van der Waals surface area contributed by atoms with E-state index in [1.54, 1.807) is 11.3 Å². The molecule has 4 rings (SSSR count). The van der Waals surface area contributed by atoms with Gasteiger partial charge in [0.1, 0.15) is 5.69 Å². The third-order valence-corrected chi connectivity index (χ3v) is 5.42. The van der Waals surface area contributed by atoms with Crippen LogP contribution in [-0.4, -0.2) is 22.0 Å². The van der Waals surface area contributed by atoms with E-state index in [4.69, 9.17) is 0 Å². The Kier molecular flexibility index (Phi) is 4.09. The molecule has 0 saturated carbocycles. The summed E-state index contributed by atoms with van der Waals surface area (Å²) < 4.78 is 3.28. The average Bonchev–Trinajstić information content (AvgIpc) is 3.28. The topological polar surface area (TPSA) is 49.8 Å². The Hall–Kier alpha value is -2.53. The Labute approximate surface area is 150 Å². The van der Waals surface area contributed by atoms with Crippen LogP contribution in [0.15, 0.2) is 48.0 Å². The fourth-order valence-electron chi connectivity index (χ4n) is 3.42. The zero-order valence-electron chi connectivity index (χ0n) is 14.4. The highest BCUT2D eigenvalue weighted by molar-refractivity contribution is 7.17. The predicted octanol–water partition coefficient (Wildman–Crippen LogP) is 4.74. The van der Waals surface area contributed by atoms with Crippen LogP contribution in [0, 0.1) is 0 Å². The Morgan fingerprint density at radius 1 is 1.28 bits per heavy atom. The van der Waals surface area contributed by atoms with Crippen molar-refractivity contribution in [1.82, 2.24) is 14.9 Å². The number of H-pyrrole nitrogens is 1. The number of amides is 1. The fourth-order valence-corrected chi connectivity index (χ4v) is 4.23. The molecule has 0 fully saturated rings. The molecule has 5 heteroatoms. The minimum Gasteiger partial charge on any atom is -0.361 e. The molecule has 0 aliphatic carbocycles. The number of aromatic nitrogens is 2. The minimum absolute atomic E-state index is 0.00283. The number of carbonyl (C=O) groups is 1. The first kappa shape index (κ1) is 16.0. The number of carbonyl (C=O) groups excluding carboxylic acids is 1. The van der Waals surface area contributed by atoms with Gasteiger partial charge in [-0.2, -0.15) is 0 Å². The molecule has 3 aromatic heterocycles. The summed E-state index contributed by atoms with van der Waals surface area (Å²) >= 11 is 1.68. The molecule has 4 aromatic rings. The Morgan fingerprint density at radius 2 is 2.12 bits per heavy atom. The normalized spacial score (nSPS) is 11.6. The van der Waals surface area contributed by atoms with E-state index in [0.717, 1.165) is 27.8 Å². The van der Waals surface area contributed by atoms with Crippen LogP contribution in [0.2, 0.25) is 0 Å². The number of thiophene rings is 1. The van der Waals surface area contributed by atoms with Crippen LogP contribution < -0.4 is 5.32 Å². The molecule has 0 spiro atoms. The van der Waals surface area contributed by atoms with Crippen molar-refractivity contribution < 1.29 is 4.79 Å². The number of hydrogen-bond donors (Lipinski definition) is 2. The van der Waals surface area contributed by atoms with Crippen LogP contribution in [0.5, 0.6) is 0 Å². The zero-order chi connectivity index (χ0) is 17.4. The lowest BCUT2D eigenvalue weighted by atomic mass is 10.1. The summed E-state index contributed by atoms with van der Waals surface area (Å²) in [6.07, 6.45) is 2.84. The first-order chi connectivity index (χ1) is 12.1. The number of hydrogen-bond acceptors (Lipinski definition) is 2. The number of fused-ring (bicyclic) bond motifs is 2. The first-order valence-corrected chi connectivity index (χ1v) is 9.44. The van der Waals surface area contributed by atoms with Gasteiger partial charge in [0.15, 0.2) is 0 Å². The molecule has 0 radical (unpaired) electrons. The van der Waals surface area contributed by atoms with Gasteiger partial charge in [0.25, 0.3) is 5.91 Å². The van der Waals surface area contributed by atoms with Crippen molar-refractivity contribution in [3.63, 3.8) is 0 Å². The van der Waals surface area contributed by atoms with E-state index in [1.807, 2.05) is 24.4 Å². The van der Waals surface area contributed by atoms with Gasteiger partial charge >= 0.3 is 0 Å². The van der Waals surface area contributed by atoms with Crippen molar-refractivity contribution in [2.45, 2.75) is 26.3 Å². The molecule has 128 valence electrons. The molecule has 2 N–H and O–H groups in total. The number of nitrogens with one attached hydrogen (secondary N) is 2. The average molecular weight is 351 g/mol. The van der Waals surface area contributed by atoms with Crippen molar-refractivity contribution >= 4 is 38.4 Å². The molecule has 25 heavy (non-hydrogen) atoms. The molecular weight excluding hydrogens is 330 g/mol. The van der Waals surface area contributed by atoms with Gasteiger partial charge in [-0.25, -0.2) is 0 Å². The molecule has 0 saturated heterocycles. The van der Waals surface area contributed by atoms with Crippen LogP contribution in [0.25, 0.3) is 21.1 Å². The maximum absolute atomic E-state index is 12.7. The lowest BCUT2D eigenvalue weighted by molar-refractivity contribution is 0.0944. The number of benzene rings is 1. The van der Waals surface area contributed by atoms with Crippen LogP contribution in [0.4, 0.5) is 0 Å². The minimum atomic E-state index is -0.00283. The van der Waals surface area contributed by atoms with Crippen LogP contribution >= 0.6 is 11.3 Å². The highest BCUT2D eigenvalue weighted by Gasteiger charge is 2.18. The van der Waals surface area contributed by atoms with Gasteiger partial charge in [-0.1, -0.05) is 18.2 Å². The predicted molar refractivity (Wildman–Crippen MR) is 105 cm³/mol. The lowest BCUT2D eigenvalue weighted by Gasteiger charge is -2.14. The van der Waals surface area contributed by atoms with Crippen molar-refractivity contribution in [1.29, 1.82) is 0 Å². The molecule has 0 atom stereocenters. The number of rotatable bonds is 5. The summed E-state index contributed by atoms with van der Waals surface area (Å²) in [5, 5.41) is 6.38. The van der Waals surface area contributed by atoms with E-state index in [2.05, 4.69) is 52.3 Å². The molecular formula is C20H21N3OS. The van der Waals surface area contributed by atoms with E-state index in [0.29, 0.717) is 6.54 Å². The lowest BCUT2D eigenvalue weighted by Crippen LogP contribution is -2.28. The van der Waals surface area contributed by atoms with E-state index in [-0.39, 0.29) is 11.9 Å². The largest absolute Gasteiger partial charge is 0.361 e. The fraction of sp³-hybridized carbons (Fsp3) is 0.250. The Bertz CT molecular complexity index is 1040. The summed E-state index contributed by atoms with van der Waals surface area (Å²) in [5.41, 5.74) is 4.26. The van der Waals surface area contributed by atoms with Gasteiger partial charge in [-0.15, -0.1) is 11.3 Å². The van der Waals surface area contributed by atoms with Crippen LogP contribution in [-0.2, 0) is 6.42 Å². The van der Waals surface area contributed by atoms with E-state index in [1.165, 1.54) is 10.9 Å². The Morgan fingerprint density at radius 3 is 2.96 bits per heavy atom. The van der Waals surface area contributed by atoms with Gasteiger partial charge < -0.3 is 14.9 Å². The van der Waals surface area contributed by atoms with Crippen molar-refractivity contribution in [3.8, 4) is 0 Å². The maximum atomic E-state index is 12.7. The quantitative estimate of drug-likeness (QED) is 0.536. The summed E-state index contributed by atoms with van der Waals surface area (Å²) in [6, 6.07) is 12.6. The van der Waals surface area contributed by atoms with Gasteiger partial charge in [-0.3, -0.25) is 4.79 Å². The van der Waals surface area contributed by atoms with Gasteiger partial charge in [0, 0.05) is 29.7 Å². The number of aromatic amines is 1. The third-order valence-electron chi connectivity index (χ3n) is 4.56. The zero-order valence-corrected chi connectivity index (χ0v) is 15.2. The van der Waals surface area contributed by atoms with Crippen LogP contribution in [0.3, 0.4) is 0 Å². The standard InChI is InChI=1S/C20H21N3OS/c1-13(2)23-17-8-10-25-19(17)11-18(23)20(24)21-9-7-14-12-22-16-6-4-3-5-15(14)16/h3-6,8,10-13,22H,7,9H2,1-2H3,(H,21,24). The summed E-state index contributed by atoms with van der Waals surface area (Å²) in [6.45, 7) is 4.84. The van der Waals surface area contributed by atoms with E-state index >= 15 is 0 Å². The molecule has 0 aliphatic heterocycles. The van der Waals surface area contributed by atoms with Crippen LogP contribution in [0.1, 0.15) is 35.9 Å². The van der Waals surface area contributed by atoms with E-state index < -0.39 is 0 Å². The maximum Gasteiger partial charge on any atom is 0.267 e. The molecule has 0 aliphatic rings. The van der Waals surface area contributed by atoms with Crippen molar-refractivity contribution in [2.24, 2.45) is 0 Å². The number of para-hydroxylation sites is 1. The smallest absolute Gasteiger partial charge is 0.267 e. The molecule has 0 bridgehead atoms. The van der Waals surface area contributed by atoms with Gasteiger partial charge in [0.2, 0.25) is 0 Å². The molecule has 3 heterocycles. The first-order valence-electron chi connectivity index (χ1n) is 8.57. The van der Waals surface area contributed by atoms with E-state index in [9.17, 15) is 4.79 Å². The molecule has 1 amide bonds. The summed E-state index contributed by atoms with van der Waals surface area (Å²) in [7, 11) is 0. The van der Waals surface area contributed by atoms with Gasteiger partial charge in [-0.05, 0) is 49.4 Å². The van der Waals surface area contributed by atoms with Gasteiger partial charge in [0.05, 0.1) is 10.2 Å². The number of nitrogens with zero attached hydrogens (tertiary/aromatic N) is 1. The second kappa shape index (κ2) is 6.41. The molecule has 0 unspecified atom stereocenters. The summed E-state index contributed by atoms with van der Waals surface area (Å²) in [4.78, 5) is 16.0. The molecule has 1 aromatic carbocycles. The third kappa shape index (κ3) is 2.85.